The van der Waals surface area contributed by atoms with E-state index >= 15 is 0 Å². The van der Waals surface area contributed by atoms with Gasteiger partial charge in [-0.25, -0.2) is 0 Å². The molecule has 0 heterocycles. The van der Waals surface area contributed by atoms with Crippen molar-refractivity contribution in [1.82, 2.24) is 0 Å². The number of allylic oxidation sites excluding steroid dienone is 5. The lowest BCUT2D eigenvalue weighted by atomic mass is 9.80. The van der Waals surface area contributed by atoms with E-state index in [1.807, 2.05) is 7.11 Å². The average Bonchev–Trinajstić information content (AvgIpc) is 3.36. The van der Waals surface area contributed by atoms with E-state index in [0.717, 1.165) is 5.75 Å². The van der Waals surface area contributed by atoms with Crippen LogP contribution in [0.1, 0.15) is 77.6 Å². The highest BCUT2D eigenvalue weighted by molar-refractivity contribution is 6.82. The van der Waals surface area contributed by atoms with E-state index in [1.54, 1.807) is 11.1 Å². The first-order chi connectivity index (χ1) is 18.8. The molecular formula is C38H46OSi. The van der Waals surface area contributed by atoms with Crippen LogP contribution in [-0.4, -0.2) is 15.2 Å². The van der Waals surface area contributed by atoms with Gasteiger partial charge < -0.3 is 4.74 Å². The van der Waals surface area contributed by atoms with Gasteiger partial charge in [0.1, 0.15) is 5.75 Å². The number of benzene rings is 3. The van der Waals surface area contributed by atoms with Crippen LogP contribution in [0.25, 0.3) is 28.3 Å². The molecule has 2 aliphatic carbocycles. The Labute approximate surface area is 243 Å². The average molecular weight is 547 g/mol. The molecule has 0 saturated carbocycles. The molecule has 0 aromatic heterocycles. The molecule has 40 heavy (non-hydrogen) atoms. The predicted molar refractivity (Wildman–Crippen MR) is 177 cm³/mol. The van der Waals surface area contributed by atoms with Crippen LogP contribution >= 0.6 is 0 Å². The van der Waals surface area contributed by atoms with Crippen LogP contribution in [0.4, 0.5) is 0 Å². The van der Waals surface area contributed by atoms with Crippen LogP contribution in [0.3, 0.4) is 0 Å². The number of rotatable bonds is 5. The highest BCUT2D eigenvalue weighted by atomic mass is 28.3. The molecule has 0 fully saturated rings. The second kappa shape index (κ2) is 10.1. The minimum Gasteiger partial charge on any atom is -0.496 e. The number of methoxy groups -OCH3 is 1. The van der Waals surface area contributed by atoms with Crippen LogP contribution in [0.5, 0.6) is 5.75 Å². The highest BCUT2D eigenvalue weighted by Crippen LogP contribution is 2.58. The number of ether oxygens (including phenoxy) is 1. The molecule has 1 nitrogen and oxygen atoms in total. The fraction of sp³-hybridized carbons (Fsp3) is 0.368. The Balaban J connectivity index is 1.83. The summed E-state index contributed by atoms with van der Waals surface area (Å²) < 4.78 is 6.36. The third-order valence-corrected chi connectivity index (χ3v) is 14.5. The van der Waals surface area contributed by atoms with Gasteiger partial charge in [0, 0.05) is 16.7 Å². The summed E-state index contributed by atoms with van der Waals surface area (Å²) in [6, 6.07) is 22.2. The molecule has 208 valence electrons. The summed E-state index contributed by atoms with van der Waals surface area (Å²) in [5.41, 5.74) is 17.8. The molecule has 0 saturated heterocycles. The summed E-state index contributed by atoms with van der Waals surface area (Å²) in [5.74, 6) is 1.01. The van der Waals surface area contributed by atoms with E-state index < -0.39 is 8.07 Å². The van der Waals surface area contributed by atoms with Crippen LogP contribution in [0, 0.1) is 0 Å². The third-order valence-electron chi connectivity index (χ3n) is 9.88. The lowest BCUT2D eigenvalue weighted by Gasteiger charge is -2.40. The predicted octanol–water partition coefficient (Wildman–Crippen LogP) is 11.1. The molecule has 2 heteroatoms. The van der Waals surface area contributed by atoms with Crippen LogP contribution < -0.4 is 4.74 Å². The van der Waals surface area contributed by atoms with Crippen molar-refractivity contribution in [2.24, 2.45) is 0 Å². The Morgan fingerprint density at radius 1 is 0.725 bits per heavy atom. The van der Waals surface area contributed by atoms with Crippen molar-refractivity contribution in [2.75, 3.05) is 7.11 Å². The second-order valence-electron chi connectivity index (χ2n) is 13.7. The van der Waals surface area contributed by atoms with Crippen molar-refractivity contribution in [1.29, 1.82) is 0 Å². The Hall–Kier alpha value is -3.10. The SMILES string of the molecule is COc1c(C(C)(C)C)cc2c(c1-c1ccccc1-c1ccccc1)C=C(C)C2[Si](C)(C)C1C(C)=C(C)C(C)=C1C. The number of hydrogen-bond acceptors (Lipinski definition) is 1. The molecule has 5 rings (SSSR count). The molecule has 0 amide bonds. The minimum absolute atomic E-state index is 0.0598. The van der Waals surface area contributed by atoms with Gasteiger partial charge in [-0.3, -0.25) is 0 Å². The smallest absolute Gasteiger partial charge is 0.131 e. The van der Waals surface area contributed by atoms with Crippen LogP contribution in [-0.2, 0) is 5.41 Å². The maximum absolute atomic E-state index is 6.36. The van der Waals surface area contributed by atoms with Gasteiger partial charge in [-0.15, -0.1) is 0 Å². The van der Waals surface area contributed by atoms with Crippen LogP contribution in [0.2, 0.25) is 18.6 Å². The zero-order chi connectivity index (χ0) is 29.1. The van der Waals surface area contributed by atoms with Gasteiger partial charge in [-0.2, -0.15) is 0 Å². The summed E-state index contributed by atoms with van der Waals surface area (Å²) in [6.45, 7) is 24.0. The van der Waals surface area contributed by atoms with Gasteiger partial charge >= 0.3 is 0 Å². The standard InChI is InChI=1S/C38H46OSi/c1-23-21-31-32(36(23)40(10,11)37-26(4)24(2)25(3)27(37)5)22-33(38(6,7)8)35(39-9)34(31)30-20-16-15-19-29(30)28-17-13-12-14-18-28/h12-22,36-37H,1-11H3. The Morgan fingerprint density at radius 3 is 1.82 bits per heavy atom. The first kappa shape index (κ1) is 28.4. The van der Waals surface area contributed by atoms with Gasteiger partial charge in [-0.05, 0) is 84.5 Å². The van der Waals surface area contributed by atoms with Gasteiger partial charge in [-0.1, -0.05) is 117 Å². The van der Waals surface area contributed by atoms with Crippen molar-refractivity contribution in [3.63, 3.8) is 0 Å². The molecule has 0 spiro atoms. The summed E-state index contributed by atoms with van der Waals surface area (Å²) in [7, 11) is -0.0502. The van der Waals surface area contributed by atoms with E-state index in [0.29, 0.717) is 11.1 Å². The molecular weight excluding hydrogens is 501 g/mol. The van der Waals surface area contributed by atoms with Crippen molar-refractivity contribution in [3.8, 4) is 28.0 Å². The minimum atomic E-state index is -1.90. The molecule has 0 bridgehead atoms. The molecule has 0 aliphatic heterocycles. The molecule has 2 aliphatic rings. The highest BCUT2D eigenvalue weighted by Gasteiger charge is 2.48. The summed E-state index contributed by atoms with van der Waals surface area (Å²) in [6.07, 6.45) is 2.49. The largest absolute Gasteiger partial charge is 0.496 e. The number of fused-ring (bicyclic) bond motifs is 1. The zero-order valence-corrected chi connectivity index (χ0v) is 27.4. The molecule has 0 radical (unpaired) electrons. The summed E-state index contributed by atoms with van der Waals surface area (Å²) in [5, 5.41) is 0. The fourth-order valence-corrected chi connectivity index (χ4v) is 13.2. The topological polar surface area (TPSA) is 9.23 Å². The van der Waals surface area contributed by atoms with Gasteiger partial charge in [0.25, 0.3) is 0 Å². The van der Waals surface area contributed by atoms with Crippen molar-refractivity contribution in [3.05, 3.63) is 105 Å². The maximum Gasteiger partial charge on any atom is 0.131 e. The quantitative estimate of drug-likeness (QED) is 0.289. The molecule has 3 aromatic rings. The van der Waals surface area contributed by atoms with E-state index in [2.05, 4.69) is 135 Å². The van der Waals surface area contributed by atoms with Crippen molar-refractivity contribution in [2.45, 2.75) is 85.0 Å². The lowest BCUT2D eigenvalue weighted by Crippen LogP contribution is -2.41. The van der Waals surface area contributed by atoms with Crippen LogP contribution in [0.15, 0.2) is 88.5 Å². The molecule has 3 aromatic carbocycles. The van der Waals surface area contributed by atoms with E-state index in [4.69, 9.17) is 4.74 Å². The fourth-order valence-electron chi connectivity index (χ4n) is 7.88. The van der Waals surface area contributed by atoms with Crippen molar-refractivity contribution < 1.29 is 4.74 Å². The monoisotopic (exact) mass is 546 g/mol. The number of hydrogen-bond donors (Lipinski definition) is 0. The van der Waals surface area contributed by atoms with E-state index in [9.17, 15) is 0 Å². The Morgan fingerprint density at radius 2 is 1.27 bits per heavy atom. The lowest BCUT2D eigenvalue weighted by molar-refractivity contribution is 0.399. The maximum atomic E-state index is 6.36. The zero-order valence-electron chi connectivity index (χ0n) is 26.4. The first-order valence-corrected chi connectivity index (χ1v) is 17.9. The third kappa shape index (κ3) is 4.36. The van der Waals surface area contributed by atoms with Gasteiger partial charge in [0.05, 0.1) is 15.2 Å². The molecule has 1 unspecified atom stereocenters. The van der Waals surface area contributed by atoms with E-state index in [1.165, 1.54) is 55.7 Å². The Bertz CT molecular complexity index is 1550. The Kier molecular flexibility index (Phi) is 7.15. The summed E-state index contributed by atoms with van der Waals surface area (Å²) in [4.78, 5) is 0. The molecule has 1 atom stereocenters. The van der Waals surface area contributed by atoms with Gasteiger partial charge in [0.15, 0.2) is 0 Å². The first-order valence-electron chi connectivity index (χ1n) is 14.7. The summed E-state index contributed by atoms with van der Waals surface area (Å²) >= 11 is 0. The normalized spacial score (nSPS) is 18.0. The van der Waals surface area contributed by atoms with Gasteiger partial charge in [0.2, 0.25) is 0 Å². The second-order valence-corrected chi connectivity index (χ2v) is 18.5. The molecule has 0 N–H and O–H groups in total. The van der Waals surface area contributed by atoms with E-state index in [-0.39, 0.29) is 5.41 Å². The van der Waals surface area contributed by atoms with Crippen molar-refractivity contribution >= 4 is 14.1 Å².